The number of hydrogen-bond donors (Lipinski definition) is 5. The first kappa shape index (κ1) is 27.5. The summed E-state index contributed by atoms with van der Waals surface area (Å²) in [5, 5.41) is 17.0. The number of carbonyl (C=O) groups is 2. The molecule has 0 aliphatic rings. The van der Waals surface area contributed by atoms with E-state index in [0.717, 1.165) is 27.1 Å². The van der Waals surface area contributed by atoms with Crippen molar-refractivity contribution in [3.63, 3.8) is 0 Å². The van der Waals surface area contributed by atoms with Crippen molar-refractivity contribution in [1.82, 2.24) is 24.8 Å². The molecule has 0 aliphatic carbocycles. The lowest BCUT2D eigenvalue weighted by Gasteiger charge is -2.10. The Morgan fingerprint density at radius 3 is 2.76 bits per heavy atom. The van der Waals surface area contributed by atoms with E-state index in [1.54, 1.807) is 12.3 Å². The third kappa shape index (κ3) is 5.92. The number of fused-ring (bicyclic) bond motifs is 1. The van der Waals surface area contributed by atoms with Crippen LogP contribution in [0.2, 0.25) is 5.02 Å². The van der Waals surface area contributed by atoms with Crippen molar-refractivity contribution in [1.29, 1.82) is 0 Å². The molecule has 41 heavy (non-hydrogen) atoms. The molecule has 0 atom stereocenters. The maximum Gasteiger partial charge on any atom is 0.328 e. The van der Waals surface area contributed by atoms with Crippen LogP contribution in [0.3, 0.4) is 0 Å². The van der Waals surface area contributed by atoms with E-state index in [-0.39, 0.29) is 53.8 Å². The Bertz CT molecular complexity index is 1830. The molecule has 0 radical (unpaired) electrons. The molecule has 5 rings (SSSR count). The molecular formula is C28H24ClFN6O5. The van der Waals surface area contributed by atoms with Crippen LogP contribution in [0, 0.1) is 5.82 Å². The first-order valence-corrected chi connectivity index (χ1v) is 12.8. The quantitative estimate of drug-likeness (QED) is 0.175. The number of nitrogens with one attached hydrogen (secondary N) is 4. The normalized spacial score (nSPS) is 11.0. The van der Waals surface area contributed by atoms with E-state index in [1.807, 2.05) is 12.1 Å². The number of anilines is 1. The molecule has 11 nitrogen and oxygen atoms in total. The third-order valence-electron chi connectivity index (χ3n) is 6.35. The van der Waals surface area contributed by atoms with Crippen molar-refractivity contribution >= 4 is 40.0 Å². The molecule has 0 aliphatic heterocycles. The molecule has 5 aromatic rings. The third-order valence-corrected chi connectivity index (χ3v) is 6.66. The summed E-state index contributed by atoms with van der Waals surface area (Å²) in [5.74, 6) is -1.59. The number of amides is 2. The molecular weight excluding hydrogens is 555 g/mol. The van der Waals surface area contributed by atoms with E-state index in [1.165, 1.54) is 37.5 Å². The van der Waals surface area contributed by atoms with Crippen LogP contribution in [-0.2, 0) is 17.8 Å². The van der Waals surface area contributed by atoms with Crippen LogP contribution in [-0.4, -0.2) is 43.5 Å². The number of aromatic nitrogens is 4. The maximum absolute atomic E-state index is 14.7. The molecule has 2 amide bonds. The maximum atomic E-state index is 14.7. The molecule has 3 aromatic heterocycles. The molecule has 210 valence electrons. The van der Waals surface area contributed by atoms with Crippen LogP contribution < -0.4 is 21.1 Å². The number of rotatable bonds is 9. The minimum absolute atomic E-state index is 0.0903. The fourth-order valence-corrected chi connectivity index (χ4v) is 4.53. The zero-order chi connectivity index (χ0) is 29.1. The molecule has 3 heterocycles. The fraction of sp³-hybridized carbons (Fsp3) is 0.143. The second-order valence-corrected chi connectivity index (χ2v) is 9.44. The predicted octanol–water partition coefficient (Wildman–Crippen LogP) is 4.32. The highest BCUT2D eigenvalue weighted by atomic mass is 35.5. The van der Waals surface area contributed by atoms with Crippen molar-refractivity contribution in [3.8, 4) is 17.4 Å². The highest BCUT2D eigenvalue weighted by molar-refractivity contribution is 6.35. The Morgan fingerprint density at radius 2 is 1.98 bits per heavy atom. The van der Waals surface area contributed by atoms with Gasteiger partial charge in [-0.25, -0.2) is 9.18 Å². The summed E-state index contributed by atoms with van der Waals surface area (Å²) in [5.41, 5.74) is 1.33. The van der Waals surface area contributed by atoms with Gasteiger partial charge in [0.25, 0.3) is 5.91 Å². The van der Waals surface area contributed by atoms with Gasteiger partial charge in [0.2, 0.25) is 11.8 Å². The van der Waals surface area contributed by atoms with E-state index < -0.39 is 23.3 Å². The van der Waals surface area contributed by atoms with Gasteiger partial charge >= 0.3 is 5.69 Å². The molecule has 13 heteroatoms. The summed E-state index contributed by atoms with van der Waals surface area (Å²) in [4.78, 5) is 46.4. The molecule has 0 spiro atoms. The average Bonchev–Trinajstić information content (AvgIpc) is 3.49. The number of H-pyrrole nitrogens is 2. The second kappa shape index (κ2) is 11.6. The summed E-state index contributed by atoms with van der Waals surface area (Å²) >= 11 is 6.21. The molecule has 2 aromatic carbocycles. The van der Waals surface area contributed by atoms with Gasteiger partial charge in [0.15, 0.2) is 0 Å². The minimum Gasteiger partial charge on any atom is -0.493 e. The van der Waals surface area contributed by atoms with Crippen LogP contribution in [0.15, 0.2) is 65.7 Å². The molecule has 0 saturated carbocycles. The van der Waals surface area contributed by atoms with Crippen LogP contribution in [0.25, 0.3) is 10.9 Å². The van der Waals surface area contributed by atoms with Crippen molar-refractivity contribution in [2.45, 2.75) is 19.4 Å². The van der Waals surface area contributed by atoms with Crippen LogP contribution in [0.1, 0.15) is 28.2 Å². The van der Waals surface area contributed by atoms with Gasteiger partial charge in [-0.2, -0.15) is 0 Å². The number of halogens is 2. The highest BCUT2D eigenvalue weighted by Crippen LogP contribution is 2.29. The summed E-state index contributed by atoms with van der Waals surface area (Å²) < 4.78 is 21.4. The molecule has 5 N–H and O–H groups in total. The Balaban J connectivity index is 1.21. The Kier molecular flexibility index (Phi) is 7.74. The number of aromatic hydroxyl groups is 1. The van der Waals surface area contributed by atoms with Crippen LogP contribution in [0.4, 0.5) is 10.1 Å². The smallest absolute Gasteiger partial charge is 0.328 e. The largest absolute Gasteiger partial charge is 0.493 e. The fourth-order valence-electron chi connectivity index (χ4n) is 4.30. The number of aromatic amines is 2. The number of benzene rings is 2. The standard InChI is InChI=1S/C28H24ClFN6O5/c1-31-26(38)22-13-17(7-9-32-22)41-16-5-6-21(20(30)12-16)34-24(37)8-10-36-27(39)23(35-28(36)40)11-15-14-33-25-18(15)3-2-4-19(25)29/h2-7,9,12-14,33,39H,8,10-11H2,1H3,(H,31,38)(H,34,37)(H,35,40). The van der Waals surface area contributed by atoms with E-state index in [9.17, 15) is 23.9 Å². The zero-order valence-electron chi connectivity index (χ0n) is 21.6. The lowest BCUT2D eigenvalue weighted by atomic mass is 10.1. The van der Waals surface area contributed by atoms with E-state index in [2.05, 4.69) is 25.6 Å². The van der Waals surface area contributed by atoms with Gasteiger partial charge in [-0.3, -0.25) is 19.1 Å². The van der Waals surface area contributed by atoms with E-state index in [0.29, 0.717) is 5.02 Å². The Labute approximate surface area is 237 Å². The minimum atomic E-state index is -0.751. The number of carbonyl (C=O) groups excluding carboxylic acids is 2. The van der Waals surface area contributed by atoms with Gasteiger partial charge in [0.1, 0.15) is 23.0 Å². The summed E-state index contributed by atoms with van der Waals surface area (Å²) in [6.07, 6.45) is 3.17. The molecule has 0 fully saturated rings. The number of para-hydroxylation sites is 1. The van der Waals surface area contributed by atoms with Gasteiger partial charge in [0.05, 0.1) is 21.9 Å². The monoisotopic (exact) mass is 578 g/mol. The van der Waals surface area contributed by atoms with Gasteiger partial charge in [-0.05, 0) is 29.8 Å². The van der Waals surface area contributed by atoms with Crippen molar-refractivity contribution in [3.05, 3.63) is 99.2 Å². The van der Waals surface area contributed by atoms with Gasteiger partial charge in [-0.1, -0.05) is 23.7 Å². The van der Waals surface area contributed by atoms with Crippen molar-refractivity contribution in [2.75, 3.05) is 12.4 Å². The molecule has 0 unspecified atom stereocenters. The second-order valence-electron chi connectivity index (χ2n) is 9.03. The van der Waals surface area contributed by atoms with Gasteiger partial charge in [0, 0.05) is 56.3 Å². The Hall–Kier alpha value is -5.10. The Morgan fingerprint density at radius 1 is 1.17 bits per heavy atom. The van der Waals surface area contributed by atoms with Crippen molar-refractivity contribution in [2.24, 2.45) is 0 Å². The molecule has 0 saturated heterocycles. The number of nitrogens with zero attached hydrogens (tertiary/aromatic N) is 2. The van der Waals surface area contributed by atoms with E-state index in [4.69, 9.17) is 16.3 Å². The van der Waals surface area contributed by atoms with Crippen LogP contribution >= 0.6 is 11.6 Å². The van der Waals surface area contributed by atoms with Gasteiger partial charge in [-0.15, -0.1) is 0 Å². The average molecular weight is 579 g/mol. The lowest BCUT2D eigenvalue weighted by Crippen LogP contribution is -2.21. The number of hydrogen-bond acceptors (Lipinski definition) is 6. The van der Waals surface area contributed by atoms with Crippen LogP contribution in [0.5, 0.6) is 17.4 Å². The molecule has 0 bridgehead atoms. The van der Waals surface area contributed by atoms with Gasteiger partial charge < -0.3 is 30.4 Å². The summed E-state index contributed by atoms with van der Waals surface area (Å²) in [6.45, 7) is -0.134. The predicted molar refractivity (Wildman–Crippen MR) is 150 cm³/mol. The lowest BCUT2D eigenvalue weighted by molar-refractivity contribution is -0.116. The summed E-state index contributed by atoms with van der Waals surface area (Å²) in [6, 6.07) is 12.2. The topological polar surface area (TPSA) is 154 Å². The summed E-state index contributed by atoms with van der Waals surface area (Å²) in [7, 11) is 1.47. The number of ether oxygens (including phenoxy) is 1. The first-order valence-electron chi connectivity index (χ1n) is 12.4. The first-order chi connectivity index (χ1) is 19.7. The number of pyridine rings is 1. The SMILES string of the molecule is CNC(=O)c1cc(Oc2ccc(NC(=O)CCn3c(O)c(Cc4c[nH]c5c(Cl)cccc45)[nH]c3=O)c(F)c2)ccn1. The van der Waals surface area contributed by atoms with Crippen molar-refractivity contribution < 1.29 is 23.8 Å². The van der Waals surface area contributed by atoms with E-state index >= 15 is 0 Å². The highest BCUT2D eigenvalue weighted by Gasteiger charge is 2.17. The zero-order valence-corrected chi connectivity index (χ0v) is 22.4. The number of imidazole rings is 1.